The fraction of sp³-hybridized carbons (Fsp3) is 0.154. The van der Waals surface area contributed by atoms with Gasteiger partial charge in [0.1, 0.15) is 11.1 Å². The maximum absolute atomic E-state index is 12.8. The zero-order valence-corrected chi connectivity index (χ0v) is 18.8. The summed E-state index contributed by atoms with van der Waals surface area (Å²) in [5.41, 5.74) is 2.23. The van der Waals surface area contributed by atoms with Crippen LogP contribution in [0.25, 0.3) is 16.7 Å². The number of nitrogens with zero attached hydrogens (tertiary/aromatic N) is 1. The van der Waals surface area contributed by atoms with Gasteiger partial charge in [-0.15, -0.1) is 0 Å². The van der Waals surface area contributed by atoms with Crippen molar-refractivity contribution in [2.45, 2.75) is 13.8 Å². The zero-order valence-electron chi connectivity index (χ0n) is 18.8. The number of aryl methyl sites for hydroxylation is 1. The van der Waals surface area contributed by atoms with Gasteiger partial charge in [0.15, 0.2) is 6.61 Å². The first kappa shape index (κ1) is 22.7. The first-order chi connectivity index (χ1) is 16.3. The number of benzene rings is 2. The van der Waals surface area contributed by atoms with Crippen molar-refractivity contribution < 1.29 is 28.3 Å². The smallest absolute Gasteiger partial charge is 0.351 e. The molecule has 0 saturated heterocycles. The number of ether oxygens (including phenoxy) is 2. The topological polar surface area (TPSA) is 105 Å². The number of esters is 2. The Balaban J connectivity index is 1.52. The van der Waals surface area contributed by atoms with E-state index in [0.717, 1.165) is 11.4 Å². The van der Waals surface area contributed by atoms with Crippen molar-refractivity contribution in [2.75, 3.05) is 13.7 Å². The maximum Gasteiger partial charge on any atom is 0.351 e. The molecular weight excluding hydrogens is 438 g/mol. The minimum absolute atomic E-state index is 0.275. The van der Waals surface area contributed by atoms with Gasteiger partial charge in [0.05, 0.1) is 12.7 Å². The van der Waals surface area contributed by atoms with Gasteiger partial charge in [-0.05, 0) is 56.3 Å². The number of hydrogen-bond acceptors (Lipinski definition) is 7. The Morgan fingerprint density at radius 2 is 1.62 bits per heavy atom. The molecule has 0 aliphatic heterocycles. The molecule has 0 aliphatic carbocycles. The third kappa shape index (κ3) is 4.25. The van der Waals surface area contributed by atoms with Crippen LogP contribution in [0.1, 0.15) is 42.5 Å². The highest BCUT2D eigenvalue weighted by atomic mass is 16.5. The van der Waals surface area contributed by atoms with Gasteiger partial charge in [0.2, 0.25) is 5.78 Å². The molecule has 8 heteroatoms. The maximum atomic E-state index is 12.8. The summed E-state index contributed by atoms with van der Waals surface area (Å²) in [6.07, 6.45) is 0. The van der Waals surface area contributed by atoms with Gasteiger partial charge in [-0.1, -0.05) is 18.2 Å². The number of hydrogen-bond donors (Lipinski definition) is 0. The lowest BCUT2D eigenvalue weighted by Gasteiger charge is -2.10. The summed E-state index contributed by atoms with van der Waals surface area (Å²) < 4.78 is 16.8. The number of ketones is 1. The molecular formula is C26H21NO7. The molecule has 4 rings (SSSR count). The molecule has 0 aliphatic rings. The minimum atomic E-state index is -0.931. The summed E-state index contributed by atoms with van der Waals surface area (Å²) in [6, 6.07) is 16.6. The monoisotopic (exact) mass is 459 g/mol. The Morgan fingerprint density at radius 1 is 0.912 bits per heavy atom. The van der Waals surface area contributed by atoms with Crippen LogP contribution in [-0.4, -0.2) is 36.0 Å². The van der Waals surface area contributed by atoms with E-state index in [0.29, 0.717) is 27.8 Å². The molecule has 0 fully saturated rings. The molecule has 0 unspecified atom stereocenters. The lowest BCUT2D eigenvalue weighted by atomic mass is 10.1. The van der Waals surface area contributed by atoms with E-state index in [2.05, 4.69) is 0 Å². The first-order valence-corrected chi connectivity index (χ1v) is 10.4. The fourth-order valence-corrected chi connectivity index (χ4v) is 3.80. The van der Waals surface area contributed by atoms with Crippen LogP contribution in [0.15, 0.2) is 69.9 Å². The van der Waals surface area contributed by atoms with Crippen molar-refractivity contribution in [3.05, 3.63) is 99.2 Å². The molecule has 34 heavy (non-hydrogen) atoms. The lowest BCUT2D eigenvalue weighted by molar-refractivity contribution is 0.0470. The number of methoxy groups -OCH3 is 1. The molecule has 2 aromatic heterocycles. The highest BCUT2D eigenvalue weighted by molar-refractivity contribution is 6.01. The van der Waals surface area contributed by atoms with Crippen molar-refractivity contribution in [3.63, 3.8) is 0 Å². The third-order valence-electron chi connectivity index (χ3n) is 5.47. The quantitative estimate of drug-likeness (QED) is 0.244. The van der Waals surface area contributed by atoms with Gasteiger partial charge in [-0.25, -0.2) is 14.4 Å². The predicted octanol–water partition coefficient (Wildman–Crippen LogP) is 4.03. The van der Waals surface area contributed by atoms with Crippen LogP contribution < -0.4 is 5.63 Å². The standard InChI is InChI=1S/C26H21NO7/c1-15-12-20(16(2)27(15)19-10-8-17(9-11-19)24(29)32-3)22(28)14-33-25(30)21-13-18-6-4-5-7-23(18)34-26(21)31/h4-13H,14H2,1-3H3. The molecule has 0 saturated carbocycles. The first-order valence-electron chi connectivity index (χ1n) is 10.4. The summed E-state index contributed by atoms with van der Waals surface area (Å²) in [7, 11) is 1.31. The highest BCUT2D eigenvalue weighted by Crippen LogP contribution is 2.22. The second kappa shape index (κ2) is 9.19. The van der Waals surface area contributed by atoms with Crippen LogP contribution in [0.4, 0.5) is 0 Å². The van der Waals surface area contributed by atoms with Gasteiger partial charge in [-0.2, -0.15) is 0 Å². The van der Waals surface area contributed by atoms with E-state index in [1.807, 2.05) is 11.5 Å². The Hall–Kier alpha value is -4.46. The summed E-state index contributed by atoms with van der Waals surface area (Å²) in [5.74, 6) is -1.78. The van der Waals surface area contributed by atoms with E-state index in [-0.39, 0.29) is 5.56 Å². The summed E-state index contributed by atoms with van der Waals surface area (Å²) in [5, 5.41) is 0.571. The third-order valence-corrected chi connectivity index (χ3v) is 5.47. The van der Waals surface area contributed by atoms with Crippen LogP contribution in [0.5, 0.6) is 0 Å². The minimum Gasteiger partial charge on any atom is -0.465 e. The fourth-order valence-electron chi connectivity index (χ4n) is 3.80. The number of carbonyl (C=O) groups excluding carboxylic acids is 3. The molecule has 0 N–H and O–H groups in total. The summed E-state index contributed by atoms with van der Waals surface area (Å²) >= 11 is 0. The van der Waals surface area contributed by atoms with E-state index < -0.39 is 30.0 Å². The van der Waals surface area contributed by atoms with E-state index in [1.165, 1.54) is 13.2 Å². The van der Waals surface area contributed by atoms with Crippen molar-refractivity contribution in [2.24, 2.45) is 0 Å². The average molecular weight is 459 g/mol. The number of Topliss-reactive ketones (excluding diaryl/α,β-unsaturated/α-hetero) is 1. The molecule has 0 bridgehead atoms. The SMILES string of the molecule is COC(=O)c1ccc(-n2c(C)cc(C(=O)COC(=O)c3cc4ccccc4oc3=O)c2C)cc1. The molecule has 172 valence electrons. The van der Waals surface area contributed by atoms with Gasteiger partial charge < -0.3 is 18.5 Å². The van der Waals surface area contributed by atoms with Crippen LogP contribution in [-0.2, 0) is 9.47 Å². The molecule has 0 atom stereocenters. The van der Waals surface area contributed by atoms with Crippen LogP contribution in [0.2, 0.25) is 0 Å². The van der Waals surface area contributed by atoms with Gasteiger partial charge in [-0.3, -0.25) is 4.79 Å². The average Bonchev–Trinajstić information content (AvgIpc) is 3.15. The number of rotatable bonds is 6. The van der Waals surface area contributed by atoms with E-state index in [9.17, 15) is 19.2 Å². The number of para-hydroxylation sites is 1. The van der Waals surface area contributed by atoms with E-state index >= 15 is 0 Å². The predicted molar refractivity (Wildman–Crippen MR) is 124 cm³/mol. The Labute approximate surface area is 194 Å². The number of fused-ring (bicyclic) bond motifs is 1. The normalized spacial score (nSPS) is 10.8. The second-order valence-corrected chi connectivity index (χ2v) is 7.64. The summed E-state index contributed by atoms with van der Waals surface area (Å²) in [4.78, 5) is 49.1. The van der Waals surface area contributed by atoms with E-state index in [1.54, 1.807) is 61.5 Å². The molecule has 8 nitrogen and oxygen atoms in total. The Kier molecular flexibility index (Phi) is 6.14. The van der Waals surface area contributed by atoms with Crippen molar-refractivity contribution in [1.29, 1.82) is 0 Å². The van der Waals surface area contributed by atoms with Crippen LogP contribution >= 0.6 is 0 Å². The molecule has 0 spiro atoms. The summed E-state index contributed by atoms with van der Waals surface area (Å²) in [6.45, 7) is 3.08. The second-order valence-electron chi connectivity index (χ2n) is 7.64. The van der Waals surface area contributed by atoms with Gasteiger partial charge in [0, 0.05) is 28.0 Å². The molecule has 2 aromatic carbocycles. The highest BCUT2D eigenvalue weighted by Gasteiger charge is 2.21. The number of aromatic nitrogens is 1. The van der Waals surface area contributed by atoms with E-state index in [4.69, 9.17) is 13.9 Å². The largest absolute Gasteiger partial charge is 0.465 e. The molecule has 0 radical (unpaired) electrons. The Bertz CT molecular complexity index is 1480. The zero-order chi connectivity index (χ0) is 24.4. The van der Waals surface area contributed by atoms with Crippen molar-refractivity contribution in [1.82, 2.24) is 4.57 Å². The van der Waals surface area contributed by atoms with Crippen molar-refractivity contribution in [3.8, 4) is 5.69 Å². The molecule has 4 aromatic rings. The van der Waals surface area contributed by atoms with Gasteiger partial charge >= 0.3 is 17.6 Å². The molecule has 0 amide bonds. The van der Waals surface area contributed by atoms with Crippen LogP contribution in [0, 0.1) is 13.8 Å². The Morgan fingerprint density at radius 3 is 2.32 bits per heavy atom. The van der Waals surface area contributed by atoms with Crippen LogP contribution in [0.3, 0.4) is 0 Å². The molecule has 2 heterocycles. The van der Waals surface area contributed by atoms with Crippen molar-refractivity contribution >= 4 is 28.7 Å². The number of carbonyl (C=O) groups is 3. The van der Waals surface area contributed by atoms with Gasteiger partial charge in [0.25, 0.3) is 0 Å². The lowest BCUT2D eigenvalue weighted by Crippen LogP contribution is -2.20.